The molecule has 0 spiro atoms. The van der Waals surface area contributed by atoms with Gasteiger partial charge in [0, 0.05) is 27.3 Å². The van der Waals surface area contributed by atoms with E-state index in [-0.39, 0.29) is 21.1 Å². The molecule has 1 heterocycles. The number of aromatic nitrogens is 1. The molecule has 0 fully saturated rings. The average Bonchev–Trinajstić information content (AvgIpc) is 1.77. The zero-order valence-electron chi connectivity index (χ0n) is 4.87. The van der Waals surface area contributed by atoms with Crippen molar-refractivity contribution in [3.8, 4) is 0 Å². The molecule has 1 nitrogen and oxygen atoms in total. The third-order valence-electron chi connectivity index (χ3n) is 0.942. The van der Waals surface area contributed by atoms with Crippen LogP contribution in [0.4, 0.5) is 0 Å². The van der Waals surface area contributed by atoms with Gasteiger partial charge in [0.25, 0.3) is 0 Å². The summed E-state index contributed by atoms with van der Waals surface area (Å²) in [6.45, 7) is 1.88. The molecule has 0 saturated carbocycles. The predicted octanol–water partition coefficient (Wildman–Crippen LogP) is 2.04. The summed E-state index contributed by atoms with van der Waals surface area (Å²) >= 11 is 5.65. The van der Waals surface area contributed by atoms with Crippen LogP contribution in [-0.4, -0.2) is 4.98 Å². The van der Waals surface area contributed by atoms with E-state index >= 15 is 0 Å². The summed E-state index contributed by atoms with van der Waals surface area (Å²) in [4.78, 5) is 3.95. The minimum absolute atomic E-state index is 0. The van der Waals surface area contributed by atoms with Gasteiger partial charge in [0.1, 0.15) is 0 Å². The summed E-state index contributed by atoms with van der Waals surface area (Å²) < 4.78 is 0. The first-order valence-electron chi connectivity index (χ1n) is 2.38. The Hall–Kier alpha value is 0.128. The Morgan fingerprint density at radius 1 is 1.56 bits per heavy atom. The van der Waals surface area contributed by atoms with Crippen LogP contribution in [0.2, 0.25) is 5.02 Å². The molecule has 0 bridgehead atoms. The fourth-order valence-electron chi connectivity index (χ4n) is 0.465. The normalized spacial score (nSPS) is 8.22. The van der Waals surface area contributed by atoms with E-state index in [4.69, 9.17) is 11.6 Å². The summed E-state index contributed by atoms with van der Waals surface area (Å²) in [5.74, 6) is 0. The Labute approximate surface area is 73.7 Å². The molecule has 1 aromatic heterocycles. The number of pyridine rings is 1. The van der Waals surface area contributed by atoms with Gasteiger partial charge in [0.05, 0.1) is 10.7 Å². The van der Waals surface area contributed by atoms with Crippen molar-refractivity contribution in [3.63, 3.8) is 0 Å². The van der Waals surface area contributed by atoms with Crippen LogP contribution in [0.15, 0.2) is 18.3 Å². The molecule has 52 valence electrons. The number of aryl methyl sites for hydroxylation is 1. The monoisotopic (exact) mass is 322 g/mol. The van der Waals surface area contributed by atoms with Crippen molar-refractivity contribution in [2.24, 2.45) is 0 Å². The van der Waals surface area contributed by atoms with Crippen LogP contribution >= 0.6 is 11.6 Å². The second kappa shape index (κ2) is 4.03. The third kappa shape index (κ3) is 2.47. The SMILES string of the molecule is Cc1ncccc1Cl.[Pt]. The molecule has 0 aliphatic heterocycles. The molecule has 9 heavy (non-hydrogen) atoms. The number of nitrogens with zero attached hydrogens (tertiary/aromatic N) is 1. The Bertz CT molecular complexity index is 169. The van der Waals surface area contributed by atoms with E-state index in [1.807, 2.05) is 19.1 Å². The second-order valence-electron chi connectivity index (χ2n) is 1.57. The van der Waals surface area contributed by atoms with Gasteiger partial charge in [-0.2, -0.15) is 0 Å². The maximum absolute atomic E-state index is 5.65. The predicted molar refractivity (Wildman–Crippen MR) is 34.0 cm³/mol. The van der Waals surface area contributed by atoms with E-state index in [9.17, 15) is 0 Å². The number of halogens is 1. The van der Waals surface area contributed by atoms with Crippen LogP contribution in [0.3, 0.4) is 0 Å². The van der Waals surface area contributed by atoms with Crippen molar-refractivity contribution in [2.45, 2.75) is 6.92 Å². The summed E-state index contributed by atoms with van der Waals surface area (Å²) in [5, 5.41) is 0.729. The van der Waals surface area contributed by atoms with E-state index in [0.29, 0.717) is 0 Å². The van der Waals surface area contributed by atoms with Gasteiger partial charge in [-0.1, -0.05) is 11.6 Å². The van der Waals surface area contributed by atoms with Crippen molar-refractivity contribution in [1.82, 2.24) is 4.98 Å². The van der Waals surface area contributed by atoms with Gasteiger partial charge < -0.3 is 0 Å². The van der Waals surface area contributed by atoms with Crippen LogP contribution in [-0.2, 0) is 21.1 Å². The Morgan fingerprint density at radius 2 is 2.22 bits per heavy atom. The van der Waals surface area contributed by atoms with Crippen molar-refractivity contribution >= 4 is 11.6 Å². The van der Waals surface area contributed by atoms with Gasteiger partial charge in [-0.3, -0.25) is 4.98 Å². The fourth-order valence-corrected chi connectivity index (χ4v) is 0.586. The molecule has 1 aromatic rings. The molecule has 0 aliphatic rings. The topological polar surface area (TPSA) is 12.9 Å². The van der Waals surface area contributed by atoms with Gasteiger partial charge >= 0.3 is 0 Å². The van der Waals surface area contributed by atoms with Gasteiger partial charge in [-0.25, -0.2) is 0 Å². The Morgan fingerprint density at radius 3 is 2.56 bits per heavy atom. The molecule has 0 aromatic carbocycles. The summed E-state index contributed by atoms with van der Waals surface area (Å²) in [5.41, 5.74) is 0.883. The van der Waals surface area contributed by atoms with Gasteiger partial charge in [-0.15, -0.1) is 0 Å². The van der Waals surface area contributed by atoms with E-state index in [0.717, 1.165) is 10.7 Å². The van der Waals surface area contributed by atoms with Gasteiger partial charge in [-0.05, 0) is 19.1 Å². The maximum atomic E-state index is 5.65. The van der Waals surface area contributed by atoms with Gasteiger partial charge in [0.2, 0.25) is 0 Å². The molecule has 3 heteroatoms. The average molecular weight is 323 g/mol. The minimum Gasteiger partial charge on any atom is -0.260 e. The van der Waals surface area contributed by atoms with E-state index in [1.165, 1.54) is 0 Å². The molecule has 0 unspecified atom stereocenters. The van der Waals surface area contributed by atoms with Crippen molar-refractivity contribution in [2.75, 3.05) is 0 Å². The summed E-state index contributed by atoms with van der Waals surface area (Å²) in [6.07, 6.45) is 1.72. The van der Waals surface area contributed by atoms with E-state index in [1.54, 1.807) is 6.20 Å². The molecule has 0 radical (unpaired) electrons. The zero-order chi connectivity index (χ0) is 5.98. The summed E-state index contributed by atoms with van der Waals surface area (Å²) in [6, 6.07) is 3.64. The smallest absolute Gasteiger partial charge is 0.0618 e. The number of hydrogen-bond donors (Lipinski definition) is 0. The number of rotatable bonds is 0. The standard InChI is InChI=1S/C6H6ClN.Pt/c1-5-6(7)3-2-4-8-5;/h2-4H,1H3;. The van der Waals surface area contributed by atoms with Crippen molar-refractivity contribution < 1.29 is 21.1 Å². The molecule has 0 amide bonds. The van der Waals surface area contributed by atoms with Crippen molar-refractivity contribution in [1.29, 1.82) is 0 Å². The van der Waals surface area contributed by atoms with Crippen LogP contribution in [0, 0.1) is 6.92 Å². The Kier molecular flexibility index (Phi) is 4.08. The van der Waals surface area contributed by atoms with E-state index in [2.05, 4.69) is 4.98 Å². The van der Waals surface area contributed by atoms with Gasteiger partial charge in [0.15, 0.2) is 0 Å². The maximum Gasteiger partial charge on any atom is 0.0618 e. The van der Waals surface area contributed by atoms with E-state index < -0.39 is 0 Å². The molecule has 0 N–H and O–H groups in total. The first-order valence-corrected chi connectivity index (χ1v) is 2.75. The second-order valence-corrected chi connectivity index (χ2v) is 1.98. The van der Waals surface area contributed by atoms with Crippen LogP contribution < -0.4 is 0 Å². The first-order chi connectivity index (χ1) is 3.80. The van der Waals surface area contributed by atoms with Crippen molar-refractivity contribution in [3.05, 3.63) is 29.0 Å². The summed E-state index contributed by atoms with van der Waals surface area (Å²) in [7, 11) is 0. The van der Waals surface area contributed by atoms with Crippen LogP contribution in [0.1, 0.15) is 5.69 Å². The molecule has 0 atom stereocenters. The molecular weight excluding hydrogens is 317 g/mol. The Balaban J connectivity index is 0.000000640. The third-order valence-corrected chi connectivity index (χ3v) is 1.34. The minimum atomic E-state index is 0. The molecule has 0 saturated heterocycles. The van der Waals surface area contributed by atoms with Crippen LogP contribution in [0.25, 0.3) is 0 Å². The number of hydrogen-bond acceptors (Lipinski definition) is 1. The fraction of sp³-hybridized carbons (Fsp3) is 0.167. The zero-order valence-corrected chi connectivity index (χ0v) is 7.90. The first kappa shape index (κ1) is 9.13. The largest absolute Gasteiger partial charge is 0.260 e. The molecule has 0 aliphatic carbocycles. The van der Waals surface area contributed by atoms with Crippen LogP contribution in [0.5, 0.6) is 0 Å². The quantitative estimate of drug-likeness (QED) is 0.712. The molecular formula is C6H6ClNPt. The molecule has 1 rings (SSSR count).